The van der Waals surface area contributed by atoms with Gasteiger partial charge >= 0.3 is 6.03 Å². The second-order valence-corrected chi connectivity index (χ2v) is 9.29. The maximum Gasteiger partial charge on any atom is 0.321 e. The molecule has 0 radical (unpaired) electrons. The molecule has 3 N–H and O–H groups in total. The number of aromatic nitrogens is 1. The molecule has 9 heteroatoms. The van der Waals surface area contributed by atoms with Crippen molar-refractivity contribution < 1.29 is 14.3 Å². The van der Waals surface area contributed by atoms with Crippen LogP contribution < -0.4 is 16.0 Å². The number of thiazole rings is 1. The fraction of sp³-hybridized carbons (Fsp3) is 0.375. The quantitative estimate of drug-likeness (QED) is 0.511. The number of carbonyl (C=O) groups excluding carboxylic acids is 2. The molecule has 1 aliphatic rings. The van der Waals surface area contributed by atoms with Gasteiger partial charge in [-0.05, 0) is 50.1 Å². The molecule has 4 rings (SSSR count). The van der Waals surface area contributed by atoms with Crippen molar-refractivity contribution >= 4 is 44.3 Å². The Morgan fingerprint density at radius 3 is 2.52 bits per heavy atom. The lowest BCUT2D eigenvalue weighted by Gasteiger charge is -2.26. The van der Waals surface area contributed by atoms with Gasteiger partial charge in [-0.1, -0.05) is 29.0 Å². The first kappa shape index (κ1) is 23.2. The third-order valence-corrected chi connectivity index (χ3v) is 6.54. The van der Waals surface area contributed by atoms with Crippen LogP contribution >= 0.6 is 11.3 Å². The number of morpholine rings is 1. The van der Waals surface area contributed by atoms with Crippen molar-refractivity contribution in [1.82, 2.24) is 15.2 Å². The molecule has 3 aromatic rings. The summed E-state index contributed by atoms with van der Waals surface area (Å²) in [6.07, 6.45) is 0. The number of fused-ring (bicyclic) bond motifs is 1. The van der Waals surface area contributed by atoms with E-state index >= 15 is 0 Å². The topological polar surface area (TPSA) is 95.6 Å². The van der Waals surface area contributed by atoms with Gasteiger partial charge in [-0.3, -0.25) is 15.0 Å². The number of anilines is 2. The Bertz CT molecular complexity index is 1150. The number of hydrogen-bond donors (Lipinski definition) is 3. The third-order valence-electron chi connectivity index (χ3n) is 5.60. The van der Waals surface area contributed by atoms with Gasteiger partial charge in [0, 0.05) is 37.4 Å². The monoisotopic (exact) mass is 467 g/mol. The van der Waals surface area contributed by atoms with Crippen molar-refractivity contribution in [3.8, 4) is 0 Å². The van der Waals surface area contributed by atoms with Crippen LogP contribution in [0.3, 0.4) is 0 Å². The molecule has 2 aromatic carbocycles. The first-order valence-electron chi connectivity index (χ1n) is 11.0. The lowest BCUT2D eigenvalue weighted by molar-refractivity contribution is 0.0388. The van der Waals surface area contributed by atoms with E-state index in [1.165, 1.54) is 16.9 Å². The summed E-state index contributed by atoms with van der Waals surface area (Å²) in [6, 6.07) is 9.19. The summed E-state index contributed by atoms with van der Waals surface area (Å²) in [5.74, 6) is -0.171. The van der Waals surface area contributed by atoms with Crippen LogP contribution in [0.4, 0.5) is 15.6 Å². The van der Waals surface area contributed by atoms with Crippen LogP contribution in [0, 0.1) is 20.8 Å². The van der Waals surface area contributed by atoms with Gasteiger partial charge in [0.2, 0.25) is 0 Å². The molecule has 1 fully saturated rings. The van der Waals surface area contributed by atoms with Gasteiger partial charge in [0.25, 0.3) is 5.91 Å². The molecular weight excluding hydrogens is 438 g/mol. The van der Waals surface area contributed by atoms with Gasteiger partial charge in [0.15, 0.2) is 5.13 Å². The second-order valence-electron chi connectivity index (χ2n) is 8.26. The number of rotatable bonds is 6. The van der Waals surface area contributed by atoms with E-state index in [0.717, 1.165) is 59.9 Å². The van der Waals surface area contributed by atoms with Crippen LogP contribution in [-0.2, 0) is 4.74 Å². The van der Waals surface area contributed by atoms with E-state index < -0.39 is 0 Å². The minimum absolute atomic E-state index is 0.171. The number of aryl methyl sites for hydroxylation is 3. The zero-order valence-corrected chi connectivity index (χ0v) is 20.0. The summed E-state index contributed by atoms with van der Waals surface area (Å²) < 4.78 is 6.17. The number of hydrogen-bond acceptors (Lipinski definition) is 6. The molecule has 174 valence electrons. The van der Waals surface area contributed by atoms with Gasteiger partial charge in [0.05, 0.1) is 23.4 Å². The molecule has 33 heavy (non-hydrogen) atoms. The standard InChI is InChI=1S/C24H29N5O3S/c1-15-12-16(2)21(17(3)13-15)27-22(30)18-4-5-19-20(14-18)33-24(26-19)28-23(31)25-6-7-29-8-10-32-11-9-29/h4-5,12-14H,6-11H2,1-3H3,(H,27,30)(H2,25,26,28,31). The number of urea groups is 1. The highest BCUT2D eigenvalue weighted by atomic mass is 32.1. The Balaban J connectivity index is 1.36. The number of benzene rings is 2. The normalized spacial score (nSPS) is 14.3. The SMILES string of the molecule is Cc1cc(C)c(NC(=O)c2ccc3nc(NC(=O)NCCN4CCOCC4)sc3c2)c(C)c1. The molecule has 8 nitrogen and oxygen atoms in total. The van der Waals surface area contributed by atoms with Crippen molar-refractivity contribution in [3.05, 3.63) is 52.6 Å². The zero-order chi connectivity index (χ0) is 23.4. The minimum atomic E-state index is -0.286. The summed E-state index contributed by atoms with van der Waals surface area (Å²) in [4.78, 5) is 31.8. The molecule has 0 unspecified atom stereocenters. The van der Waals surface area contributed by atoms with Gasteiger partial charge in [-0.2, -0.15) is 0 Å². The summed E-state index contributed by atoms with van der Waals surface area (Å²) in [6.45, 7) is 10.6. The second kappa shape index (κ2) is 10.3. The summed E-state index contributed by atoms with van der Waals surface area (Å²) >= 11 is 1.34. The number of nitrogens with zero attached hydrogens (tertiary/aromatic N) is 2. The van der Waals surface area contributed by atoms with E-state index in [1.54, 1.807) is 12.1 Å². The molecule has 0 saturated carbocycles. The highest BCUT2D eigenvalue weighted by Crippen LogP contribution is 2.28. The molecule has 1 aromatic heterocycles. The van der Waals surface area contributed by atoms with Crippen molar-refractivity contribution in [2.75, 3.05) is 50.0 Å². The molecular formula is C24H29N5O3S. The van der Waals surface area contributed by atoms with Crippen LogP contribution in [0.1, 0.15) is 27.0 Å². The largest absolute Gasteiger partial charge is 0.379 e. The van der Waals surface area contributed by atoms with E-state index in [2.05, 4.69) is 38.0 Å². The number of nitrogens with one attached hydrogen (secondary N) is 3. The van der Waals surface area contributed by atoms with E-state index in [1.807, 2.05) is 26.8 Å². The first-order valence-corrected chi connectivity index (χ1v) is 11.9. The molecule has 0 atom stereocenters. The molecule has 1 saturated heterocycles. The van der Waals surface area contributed by atoms with Crippen LogP contribution in [0.15, 0.2) is 30.3 Å². The minimum Gasteiger partial charge on any atom is -0.379 e. The van der Waals surface area contributed by atoms with Crippen molar-refractivity contribution in [2.24, 2.45) is 0 Å². The Morgan fingerprint density at radius 2 is 1.79 bits per heavy atom. The number of carbonyl (C=O) groups is 2. The molecule has 0 spiro atoms. The van der Waals surface area contributed by atoms with E-state index in [4.69, 9.17) is 4.74 Å². The summed E-state index contributed by atoms with van der Waals surface area (Å²) in [7, 11) is 0. The Labute approximate surface area is 197 Å². The first-order chi connectivity index (χ1) is 15.9. The van der Waals surface area contributed by atoms with Crippen molar-refractivity contribution in [3.63, 3.8) is 0 Å². The average Bonchev–Trinajstić information content (AvgIpc) is 3.18. The molecule has 0 bridgehead atoms. The van der Waals surface area contributed by atoms with Crippen molar-refractivity contribution in [2.45, 2.75) is 20.8 Å². The highest BCUT2D eigenvalue weighted by molar-refractivity contribution is 7.22. The predicted octanol–water partition coefficient (Wildman–Crippen LogP) is 3.93. The lowest BCUT2D eigenvalue weighted by atomic mass is 10.0. The molecule has 2 heterocycles. The lowest BCUT2D eigenvalue weighted by Crippen LogP contribution is -2.42. The van der Waals surface area contributed by atoms with Crippen LogP contribution in [-0.4, -0.2) is 61.2 Å². The third kappa shape index (κ3) is 5.87. The van der Waals surface area contributed by atoms with Crippen molar-refractivity contribution in [1.29, 1.82) is 0 Å². The van der Waals surface area contributed by atoms with Crippen LogP contribution in [0.5, 0.6) is 0 Å². The maximum absolute atomic E-state index is 12.9. The van der Waals surface area contributed by atoms with Gasteiger partial charge in [0.1, 0.15) is 0 Å². The van der Waals surface area contributed by atoms with Gasteiger partial charge in [-0.15, -0.1) is 0 Å². The highest BCUT2D eigenvalue weighted by Gasteiger charge is 2.14. The van der Waals surface area contributed by atoms with E-state index in [0.29, 0.717) is 17.2 Å². The van der Waals surface area contributed by atoms with E-state index in [-0.39, 0.29) is 11.9 Å². The predicted molar refractivity (Wildman–Crippen MR) is 133 cm³/mol. The fourth-order valence-corrected chi connectivity index (χ4v) is 4.88. The Kier molecular flexibility index (Phi) is 7.22. The summed E-state index contributed by atoms with van der Waals surface area (Å²) in [5, 5.41) is 9.18. The smallest absolute Gasteiger partial charge is 0.321 e. The fourth-order valence-electron chi connectivity index (χ4n) is 3.98. The number of ether oxygens (including phenoxy) is 1. The molecule has 0 aliphatic carbocycles. The zero-order valence-electron chi connectivity index (χ0n) is 19.2. The molecule has 1 aliphatic heterocycles. The van der Waals surface area contributed by atoms with Gasteiger partial charge < -0.3 is 15.4 Å². The Morgan fingerprint density at radius 1 is 1.06 bits per heavy atom. The Hall–Kier alpha value is -3.01. The van der Waals surface area contributed by atoms with Crippen LogP contribution in [0.2, 0.25) is 0 Å². The van der Waals surface area contributed by atoms with Crippen LogP contribution in [0.25, 0.3) is 10.2 Å². The number of amides is 3. The summed E-state index contributed by atoms with van der Waals surface area (Å²) in [5.41, 5.74) is 5.36. The maximum atomic E-state index is 12.9. The van der Waals surface area contributed by atoms with Gasteiger partial charge in [-0.25, -0.2) is 9.78 Å². The molecule has 3 amide bonds. The van der Waals surface area contributed by atoms with E-state index in [9.17, 15) is 9.59 Å². The average molecular weight is 468 g/mol.